The van der Waals surface area contributed by atoms with Crippen molar-refractivity contribution in [3.05, 3.63) is 48.5 Å². The maximum absolute atomic E-state index is 13.7. The quantitative estimate of drug-likeness (QED) is 0.691. The van der Waals surface area contributed by atoms with Crippen LogP contribution in [0.5, 0.6) is 5.06 Å². The van der Waals surface area contributed by atoms with Gasteiger partial charge in [0.15, 0.2) is 5.06 Å². The third kappa shape index (κ3) is 1.75. The number of thiophene rings is 1. The van der Waals surface area contributed by atoms with Crippen LogP contribution >= 0.6 is 11.3 Å². The summed E-state index contributed by atoms with van der Waals surface area (Å²) < 4.78 is 18.9. The monoisotopic (exact) mass is 259 g/mol. The molecule has 0 saturated heterocycles. The highest BCUT2D eigenvalue weighted by Gasteiger charge is 2.09. The van der Waals surface area contributed by atoms with Crippen molar-refractivity contribution in [2.24, 2.45) is 0 Å². The van der Waals surface area contributed by atoms with Gasteiger partial charge in [0.1, 0.15) is 5.82 Å². The minimum absolute atomic E-state index is 0.245. The predicted molar refractivity (Wildman–Crippen MR) is 71.6 cm³/mol. The summed E-state index contributed by atoms with van der Waals surface area (Å²) in [5, 5.41) is 2.26. The molecule has 0 aliphatic heterocycles. The van der Waals surface area contributed by atoms with Gasteiger partial charge in [0.25, 0.3) is 0 Å². The Balaban J connectivity index is 2.26. The molecule has 90 valence electrons. The van der Waals surface area contributed by atoms with Gasteiger partial charge in [-0.1, -0.05) is 17.4 Å². The highest BCUT2D eigenvalue weighted by atomic mass is 32.1. The Labute approximate surface area is 108 Å². The third-order valence-corrected chi connectivity index (χ3v) is 3.89. The summed E-state index contributed by atoms with van der Waals surface area (Å²) in [6, 6.07) is 9.00. The standard InChI is InChI=1S/C14H10FNOS/c1-17-14-5-4-13(18-14)10-2-3-12(15)11-8-16-7-6-9(10)11/h2-8H,1H3. The molecule has 2 nitrogen and oxygen atoms in total. The molecule has 18 heavy (non-hydrogen) atoms. The number of nitrogens with zero attached hydrogens (tertiary/aromatic N) is 1. The van der Waals surface area contributed by atoms with E-state index >= 15 is 0 Å². The van der Waals surface area contributed by atoms with Crippen molar-refractivity contribution in [1.29, 1.82) is 0 Å². The van der Waals surface area contributed by atoms with Crippen molar-refractivity contribution in [2.45, 2.75) is 0 Å². The maximum Gasteiger partial charge on any atom is 0.173 e. The number of aromatic nitrogens is 1. The first-order chi connectivity index (χ1) is 8.79. The predicted octanol–water partition coefficient (Wildman–Crippen LogP) is 4.11. The Hall–Kier alpha value is -1.94. The van der Waals surface area contributed by atoms with Crippen LogP contribution in [-0.2, 0) is 0 Å². The van der Waals surface area contributed by atoms with Crippen LogP contribution in [0, 0.1) is 5.82 Å². The van der Waals surface area contributed by atoms with Gasteiger partial charge in [-0.05, 0) is 35.2 Å². The Morgan fingerprint density at radius 1 is 1.11 bits per heavy atom. The van der Waals surface area contributed by atoms with Crippen LogP contribution in [0.25, 0.3) is 21.2 Å². The molecule has 0 amide bonds. The Bertz CT molecular complexity index is 708. The van der Waals surface area contributed by atoms with Gasteiger partial charge in [-0.2, -0.15) is 0 Å². The number of hydrogen-bond donors (Lipinski definition) is 0. The molecule has 0 aliphatic carbocycles. The first-order valence-electron chi connectivity index (χ1n) is 5.46. The Morgan fingerprint density at radius 3 is 2.78 bits per heavy atom. The average Bonchev–Trinajstić information content (AvgIpc) is 2.88. The molecule has 4 heteroatoms. The summed E-state index contributed by atoms with van der Waals surface area (Å²) >= 11 is 1.54. The zero-order valence-corrected chi connectivity index (χ0v) is 10.5. The van der Waals surface area contributed by atoms with Crippen LogP contribution in [-0.4, -0.2) is 12.1 Å². The van der Waals surface area contributed by atoms with Gasteiger partial charge in [-0.3, -0.25) is 4.98 Å². The first-order valence-corrected chi connectivity index (χ1v) is 6.27. The lowest BCUT2D eigenvalue weighted by molar-refractivity contribution is 0.427. The second-order valence-electron chi connectivity index (χ2n) is 3.84. The van der Waals surface area contributed by atoms with E-state index in [0.29, 0.717) is 5.39 Å². The number of rotatable bonds is 2. The molecule has 3 rings (SSSR count). The van der Waals surface area contributed by atoms with E-state index in [-0.39, 0.29) is 5.82 Å². The fourth-order valence-corrected chi connectivity index (χ4v) is 2.81. The number of hydrogen-bond acceptors (Lipinski definition) is 3. The summed E-state index contributed by atoms with van der Waals surface area (Å²) in [6.07, 6.45) is 3.23. The van der Waals surface area contributed by atoms with Crippen LogP contribution in [0.3, 0.4) is 0 Å². The van der Waals surface area contributed by atoms with Gasteiger partial charge in [0, 0.05) is 22.7 Å². The summed E-state index contributed by atoms with van der Waals surface area (Å²) in [4.78, 5) is 5.03. The SMILES string of the molecule is COc1ccc(-c2ccc(F)c3cnccc23)s1. The fourth-order valence-electron chi connectivity index (χ4n) is 1.95. The molecule has 0 radical (unpaired) electrons. The molecule has 0 N–H and O–H groups in total. The van der Waals surface area contributed by atoms with E-state index in [9.17, 15) is 4.39 Å². The Morgan fingerprint density at radius 2 is 2.00 bits per heavy atom. The van der Waals surface area contributed by atoms with Crippen molar-refractivity contribution in [3.63, 3.8) is 0 Å². The van der Waals surface area contributed by atoms with Crippen molar-refractivity contribution in [1.82, 2.24) is 4.98 Å². The summed E-state index contributed by atoms with van der Waals surface area (Å²) in [7, 11) is 1.64. The van der Waals surface area contributed by atoms with E-state index in [4.69, 9.17) is 4.74 Å². The minimum atomic E-state index is -0.245. The van der Waals surface area contributed by atoms with Crippen LogP contribution < -0.4 is 4.74 Å². The zero-order chi connectivity index (χ0) is 12.5. The normalized spacial score (nSPS) is 10.8. The van der Waals surface area contributed by atoms with Crippen molar-refractivity contribution in [2.75, 3.05) is 7.11 Å². The number of pyridine rings is 1. The molecule has 0 unspecified atom stereocenters. The molecular weight excluding hydrogens is 249 g/mol. The Kier molecular flexibility index (Phi) is 2.72. The maximum atomic E-state index is 13.7. The van der Waals surface area contributed by atoms with E-state index in [2.05, 4.69) is 4.98 Å². The molecule has 0 aliphatic rings. The van der Waals surface area contributed by atoms with E-state index in [1.807, 2.05) is 18.2 Å². The van der Waals surface area contributed by atoms with Gasteiger partial charge in [-0.15, -0.1) is 0 Å². The highest BCUT2D eigenvalue weighted by Crippen LogP contribution is 2.37. The summed E-state index contributed by atoms with van der Waals surface area (Å²) in [5.74, 6) is -0.245. The molecule has 1 aromatic carbocycles. The number of benzene rings is 1. The van der Waals surface area contributed by atoms with Crippen molar-refractivity contribution >= 4 is 22.1 Å². The molecule has 3 aromatic rings. The number of halogens is 1. The van der Waals surface area contributed by atoms with Gasteiger partial charge >= 0.3 is 0 Å². The summed E-state index contributed by atoms with van der Waals surface area (Å²) in [6.45, 7) is 0. The lowest BCUT2D eigenvalue weighted by atomic mass is 10.1. The number of methoxy groups -OCH3 is 1. The highest BCUT2D eigenvalue weighted by molar-refractivity contribution is 7.17. The summed E-state index contributed by atoms with van der Waals surface area (Å²) in [5.41, 5.74) is 1.00. The average molecular weight is 259 g/mol. The van der Waals surface area contributed by atoms with Crippen LogP contribution in [0.4, 0.5) is 4.39 Å². The molecule has 2 heterocycles. The molecular formula is C14H10FNOS. The van der Waals surface area contributed by atoms with Crippen LogP contribution in [0.15, 0.2) is 42.7 Å². The third-order valence-electron chi connectivity index (χ3n) is 2.81. The zero-order valence-electron chi connectivity index (χ0n) is 9.68. The second kappa shape index (κ2) is 4.38. The van der Waals surface area contributed by atoms with Gasteiger partial charge < -0.3 is 4.74 Å². The molecule has 2 aromatic heterocycles. The topological polar surface area (TPSA) is 22.1 Å². The largest absolute Gasteiger partial charge is 0.487 e. The fraction of sp³-hybridized carbons (Fsp3) is 0.0714. The van der Waals surface area contributed by atoms with Crippen LogP contribution in [0.2, 0.25) is 0 Å². The molecule has 0 saturated carbocycles. The van der Waals surface area contributed by atoms with Crippen molar-refractivity contribution in [3.8, 4) is 15.5 Å². The lowest BCUT2D eigenvalue weighted by Crippen LogP contribution is -1.84. The molecule has 0 bridgehead atoms. The van der Waals surface area contributed by atoms with Gasteiger partial charge in [-0.25, -0.2) is 4.39 Å². The van der Waals surface area contributed by atoms with E-state index in [1.54, 1.807) is 36.9 Å². The molecule has 0 fully saturated rings. The smallest absolute Gasteiger partial charge is 0.173 e. The minimum Gasteiger partial charge on any atom is -0.487 e. The van der Waals surface area contributed by atoms with E-state index in [0.717, 1.165) is 20.9 Å². The van der Waals surface area contributed by atoms with Gasteiger partial charge in [0.05, 0.1) is 7.11 Å². The lowest BCUT2D eigenvalue weighted by Gasteiger charge is -2.04. The number of fused-ring (bicyclic) bond motifs is 1. The van der Waals surface area contributed by atoms with E-state index < -0.39 is 0 Å². The van der Waals surface area contributed by atoms with Gasteiger partial charge in [0.2, 0.25) is 0 Å². The second-order valence-corrected chi connectivity index (χ2v) is 4.89. The van der Waals surface area contributed by atoms with Crippen LogP contribution in [0.1, 0.15) is 0 Å². The molecule has 0 atom stereocenters. The number of ether oxygens (including phenoxy) is 1. The van der Waals surface area contributed by atoms with Crippen molar-refractivity contribution < 1.29 is 9.13 Å². The molecule has 0 spiro atoms. The first kappa shape index (κ1) is 11.2. The van der Waals surface area contributed by atoms with E-state index in [1.165, 1.54) is 6.07 Å².